The third-order valence-corrected chi connectivity index (χ3v) is 3.45. The van der Waals surface area contributed by atoms with Crippen LogP contribution in [0.4, 0.5) is 0 Å². The number of nitrogens with one attached hydrogen (secondary N) is 1. The summed E-state index contributed by atoms with van der Waals surface area (Å²) in [6, 6.07) is 4.02. The first-order valence-corrected chi connectivity index (χ1v) is 7.25. The van der Waals surface area contributed by atoms with Crippen molar-refractivity contribution in [1.82, 2.24) is 15.2 Å². The lowest BCUT2D eigenvalue weighted by atomic mass is 10.1. The van der Waals surface area contributed by atoms with E-state index >= 15 is 0 Å². The second-order valence-corrected chi connectivity index (χ2v) is 4.96. The second-order valence-electron chi connectivity index (χ2n) is 4.96. The van der Waals surface area contributed by atoms with Crippen molar-refractivity contribution in [2.75, 3.05) is 19.6 Å². The molecule has 0 radical (unpaired) electrons. The van der Waals surface area contributed by atoms with Crippen LogP contribution < -0.4 is 5.32 Å². The van der Waals surface area contributed by atoms with Gasteiger partial charge in [0.15, 0.2) is 0 Å². The predicted molar refractivity (Wildman–Crippen MR) is 79.2 cm³/mol. The Labute approximate surface area is 116 Å². The van der Waals surface area contributed by atoms with Gasteiger partial charge in [0, 0.05) is 12.6 Å². The van der Waals surface area contributed by atoms with Gasteiger partial charge in [-0.1, -0.05) is 13.8 Å². The third-order valence-electron chi connectivity index (χ3n) is 3.45. The summed E-state index contributed by atoms with van der Waals surface area (Å²) in [5.41, 5.74) is 0.966. The third kappa shape index (κ3) is 6.55. The minimum Gasteiger partial charge on any atom is -0.506 e. The van der Waals surface area contributed by atoms with Crippen LogP contribution in [0, 0.1) is 0 Å². The first-order valence-electron chi connectivity index (χ1n) is 7.25. The van der Waals surface area contributed by atoms with E-state index in [0.717, 1.165) is 25.3 Å². The van der Waals surface area contributed by atoms with E-state index in [-0.39, 0.29) is 5.75 Å². The van der Waals surface area contributed by atoms with Crippen molar-refractivity contribution in [2.45, 2.75) is 46.2 Å². The molecular formula is C15H27N3O. The molecule has 0 bridgehead atoms. The van der Waals surface area contributed by atoms with E-state index in [4.69, 9.17) is 5.11 Å². The zero-order valence-corrected chi connectivity index (χ0v) is 12.4. The van der Waals surface area contributed by atoms with E-state index in [1.54, 1.807) is 6.07 Å². The lowest BCUT2D eigenvalue weighted by Crippen LogP contribution is -2.29. The lowest BCUT2D eigenvalue weighted by molar-refractivity contribution is 0.290. The number of rotatable bonds is 9. The zero-order valence-electron chi connectivity index (χ0n) is 12.4. The van der Waals surface area contributed by atoms with Crippen LogP contribution in [0.2, 0.25) is 0 Å². The standard InChI is InChI=1S/C15H27N3O/c1-4-18(5-2)10-6-7-13(3)16-11-14-8-9-15(19)12-17-14/h8-9,12-13,16,19H,4-7,10-11H2,1-3H3. The molecule has 1 rings (SSSR count). The van der Waals surface area contributed by atoms with Crippen molar-refractivity contribution in [2.24, 2.45) is 0 Å². The van der Waals surface area contributed by atoms with Crippen LogP contribution in [-0.4, -0.2) is 40.7 Å². The molecule has 0 saturated heterocycles. The molecule has 4 nitrogen and oxygen atoms in total. The summed E-state index contributed by atoms with van der Waals surface area (Å²) in [5.74, 6) is 0.219. The van der Waals surface area contributed by atoms with Crippen LogP contribution in [0.25, 0.3) is 0 Å². The Morgan fingerprint density at radius 2 is 2.05 bits per heavy atom. The molecule has 0 amide bonds. The molecule has 108 valence electrons. The predicted octanol–water partition coefficient (Wildman–Crippen LogP) is 2.39. The van der Waals surface area contributed by atoms with E-state index in [2.05, 4.69) is 36.0 Å². The lowest BCUT2D eigenvalue weighted by Gasteiger charge is -2.19. The van der Waals surface area contributed by atoms with Gasteiger partial charge in [-0.05, 0) is 51.5 Å². The highest BCUT2D eigenvalue weighted by Gasteiger charge is 2.04. The molecule has 0 saturated carbocycles. The quantitative estimate of drug-likeness (QED) is 0.720. The zero-order chi connectivity index (χ0) is 14.1. The average Bonchev–Trinajstić information content (AvgIpc) is 2.43. The second kappa shape index (κ2) is 8.88. The van der Waals surface area contributed by atoms with Crippen molar-refractivity contribution in [3.05, 3.63) is 24.0 Å². The molecule has 19 heavy (non-hydrogen) atoms. The number of aromatic nitrogens is 1. The Morgan fingerprint density at radius 1 is 1.32 bits per heavy atom. The number of hydrogen-bond donors (Lipinski definition) is 2. The van der Waals surface area contributed by atoms with Gasteiger partial charge in [0.1, 0.15) is 5.75 Å². The monoisotopic (exact) mass is 265 g/mol. The Morgan fingerprint density at radius 3 is 2.63 bits per heavy atom. The summed E-state index contributed by atoms with van der Waals surface area (Å²) in [7, 11) is 0. The van der Waals surface area contributed by atoms with Crippen molar-refractivity contribution < 1.29 is 5.11 Å². The highest BCUT2D eigenvalue weighted by molar-refractivity contribution is 5.17. The van der Waals surface area contributed by atoms with Crippen molar-refractivity contribution in [3.63, 3.8) is 0 Å². The SMILES string of the molecule is CCN(CC)CCCC(C)NCc1ccc(O)cn1. The molecule has 2 N–H and O–H groups in total. The molecule has 0 fully saturated rings. The van der Waals surface area contributed by atoms with Crippen LogP contribution in [0.15, 0.2) is 18.3 Å². The molecule has 0 aliphatic rings. The topological polar surface area (TPSA) is 48.4 Å². The maximum absolute atomic E-state index is 9.16. The number of pyridine rings is 1. The molecule has 1 aromatic heterocycles. The normalized spacial score (nSPS) is 12.8. The molecule has 0 aliphatic heterocycles. The maximum Gasteiger partial charge on any atom is 0.133 e. The van der Waals surface area contributed by atoms with E-state index < -0.39 is 0 Å². The Hall–Kier alpha value is -1.13. The fraction of sp³-hybridized carbons (Fsp3) is 0.667. The van der Waals surface area contributed by atoms with Gasteiger partial charge in [0.25, 0.3) is 0 Å². The van der Waals surface area contributed by atoms with Gasteiger partial charge in [0.05, 0.1) is 11.9 Å². The minimum absolute atomic E-state index is 0.219. The fourth-order valence-corrected chi connectivity index (χ4v) is 2.06. The summed E-state index contributed by atoms with van der Waals surface area (Å²) in [6.07, 6.45) is 3.88. The van der Waals surface area contributed by atoms with Crippen LogP contribution in [0.1, 0.15) is 39.3 Å². The molecule has 1 aromatic rings. The van der Waals surface area contributed by atoms with Crippen LogP contribution >= 0.6 is 0 Å². The molecule has 0 spiro atoms. The van der Waals surface area contributed by atoms with Gasteiger partial charge >= 0.3 is 0 Å². The summed E-state index contributed by atoms with van der Waals surface area (Å²) in [4.78, 5) is 6.62. The van der Waals surface area contributed by atoms with Gasteiger partial charge in [-0.25, -0.2) is 0 Å². The van der Waals surface area contributed by atoms with Crippen LogP contribution in [-0.2, 0) is 6.54 Å². The summed E-state index contributed by atoms with van der Waals surface area (Å²) < 4.78 is 0. The summed E-state index contributed by atoms with van der Waals surface area (Å²) >= 11 is 0. The molecule has 0 aromatic carbocycles. The van der Waals surface area contributed by atoms with E-state index in [0.29, 0.717) is 6.04 Å². The van der Waals surface area contributed by atoms with Gasteiger partial charge in [-0.15, -0.1) is 0 Å². The van der Waals surface area contributed by atoms with E-state index in [1.807, 2.05) is 6.07 Å². The highest BCUT2D eigenvalue weighted by atomic mass is 16.3. The average molecular weight is 265 g/mol. The molecule has 1 unspecified atom stereocenters. The Bertz CT molecular complexity index is 336. The van der Waals surface area contributed by atoms with E-state index in [9.17, 15) is 0 Å². The fourth-order valence-electron chi connectivity index (χ4n) is 2.06. The van der Waals surface area contributed by atoms with Crippen molar-refractivity contribution in [1.29, 1.82) is 0 Å². The van der Waals surface area contributed by atoms with Gasteiger partial charge in [-0.3, -0.25) is 4.98 Å². The van der Waals surface area contributed by atoms with Gasteiger partial charge < -0.3 is 15.3 Å². The van der Waals surface area contributed by atoms with E-state index in [1.165, 1.54) is 25.6 Å². The van der Waals surface area contributed by atoms with Gasteiger partial charge in [-0.2, -0.15) is 0 Å². The smallest absolute Gasteiger partial charge is 0.133 e. The van der Waals surface area contributed by atoms with Gasteiger partial charge in [0.2, 0.25) is 0 Å². The molecule has 0 aliphatic carbocycles. The largest absolute Gasteiger partial charge is 0.506 e. The first kappa shape index (κ1) is 15.9. The number of hydrogen-bond acceptors (Lipinski definition) is 4. The van der Waals surface area contributed by atoms with Crippen molar-refractivity contribution >= 4 is 0 Å². The van der Waals surface area contributed by atoms with Crippen LogP contribution in [0.3, 0.4) is 0 Å². The Kier molecular flexibility index (Phi) is 7.45. The summed E-state index contributed by atoms with van der Waals surface area (Å²) in [6.45, 7) is 10.8. The molecule has 4 heteroatoms. The Balaban J connectivity index is 2.17. The number of aromatic hydroxyl groups is 1. The minimum atomic E-state index is 0.219. The van der Waals surface area contributed by atoms with Crippen LogP contribution in [0.5, 0.6) is 5.75 Å². The molecule has 1 atom stereocenters. The molecule has 1 heterocycles. The molecular weight excluding hydrogens is 238 g/mol. The first-order chi connectivity index (χ1) is 9.15. The maximum atomic E-state index is 9.16. The summed E-state index contributed by atoms with van der Waals surface area (Å²) in [5, 5.41) is 12.6. The number of nitrogens with zero attached hydrogens (tertiary/aromatic N) is 2. The van der Waals surface area contributed by atoms with Crippen molar-refractivity contribution in [3.8, 4) is 5.75 Å². The highest BCUT2D eigenvalue weighted by Crippen LogP contribution is 2.06.